The first-order valence-corrected chi connectivity index (χ1v) is 7.77. The summed E-state index contributed by atoms with van der Waals surface area (Å²) in [5.74, 6) is 0.555. The number of rotatable bonds is 5. The van der Waals surface area contributed by atoms with Crippen molar-refractivity contribution in [1.82, 2.24) is 15.1 Å². The third kappa shape index (κ3) is 3.48. The van der Waals surface area contributed by atoms with Crippen LogP contribution in [0.5, 0.6) is 5.75 Å². The van der Waals surface area contributed by atoms with E-state index in [4.69, 9.17) is 16.3 Å². The molecule has 1 aromatic heterocycles. The number of fused-ring (bicyclic) bond motifs is 1. The number of benzene rings is 1. The number of carbonyl (C=O) groups is 1. The van der Waals surface area contributed by atoms with Crippen molar-refractivity contribution in [2.45, 2.75) is 18.9 Å². The van der Waals surface area contributed by atoms with Crippen molar-refractivity contribution in [3.05, 3.63) is 46.2 Å². The first-order valence-electron chi connectivity index (χ1n) is 7.39. The standard InChI is InChI=1S/C16H18ClN3O3/c1-20-8-12(7-18-20)14(9-21)19-15(22)6-11-5-13(17)4-10-2-3-23-16(10)11/h4-5,7-8,14,21H,2-3,6,9H2,1H3,(H,19,22). The number of ether oxygens (including phenoxy) is 1. The summed E-state index contributed by atoms with van der Waals surface area (Å²) in [6.07, 6.45) is 4.35. The molecule has 0 radical (unpaired) electrons. The van der Waals surface area contributed by atoms with E-state index >= 15 is 0 Å². The van der Waals surface area contributed by atoms with Gasteiger partial charge in [0.05, 0.1) is 31.9 Å². The highest BCUT2D eigenvalue weighted by atomic mass is 35.5. The fraction of sp³-hybridized carbons (Fsp3) is 0.375. The van der Waals surface area contributed by atoms with Crippen LogP contribution in [-0.4, -0.2) is 34.0 Å². The summed E-state index contributed by atoms with van der Waals surface area (Å²) in [5.41, 5.74) is 2.56. The molecule has 0 saturated heterocycles. The van der Waals surface area contributed by atoms with Gasteiger partial charge in [-0.25, -0.2) is 0 Å². The molecule has 1 atom stereocenters. The van der Waals surface area contributed by atoms with Gasteiger partial charge in [0.2, 0.25) is 5.91 Å². The molecule has 2 N–H and O–H groups in total. The van der Waals surface area contributed by atoms with Gasteiger partial charge in [0, 0.05) is 35.8 Å². The van der Waals surface area contributed by atoms with Crippen LogP contribution in [0.3, 0.4) is 0 Å². The summed E-state index contributed by atoms with van der Waals surface area (Å²) in [7, 11) is 1.78. The van der Waals surface area contributed by atoms with E-state index < -0.39 is 6.04 Å². The second kappa shape index (κ2) is 6.60. The molecule has 1 aromatic carbocycles. The van der Waals surface area contributed by atoms with Crippen LogP contribution in [0.2, 0.25) is 5.02 Å². The maximum absolute atomic E-state index is 12.3. The van der Waals surface area contributed by atoms with E-state index in [1.54, 1.807) is 30.2 Å². The SMILES string of the molecule is Cn1cc(C(CO)NC(=O)Cc2cc(Cl)cc3c2OCC3)cn1. The van der Waals surface area contributed by atoms with Crippen molar-refractivity contribution in [3.8, 4) is 5.75 Å². The number of hydrogen-bond donors (Lipinski definition) is 2. The van der Waals surface area contributed by atoms with Crippen LogP contribution < -0.4 is 10.1 Å². The van der Waals surface area contributed by atoms with Crippen molar-refractivity contribution >= 4 is 17.5 Å². The average molecular weight is 336 g/mol. The number of hydrogen-bond acceptors (Lipinski definition) is 4. The molecular formula is C16H18ClN3O3. The molecule has 0 bridgehead atoms. The van der Waals surface area contributed by atoms with Gasteiger partial charge in [-0.1, -0.05) is 11.6 Å². The lowest BCUT2D eigenvalue weighted by Gasteiger charge is -2.15. The molecule has 1 aliphatic heterocycles. The monoisotopic (exact) mass is 335 g/mol. The van der Waals surface area contributed by atoms with Crippen LogP contribution in [0, 0.1) is 0 Å². The third-order valence-electron chi connectivity index (χ3n) is 3.82. The van der Waals surface area contributed by atoms with Gasteiger partial charge >= 0.3 is 0 Å². The van der Waals surface area contributed by atoms with Crippen LogP contribution in [0.15, 0.2) is 24.5 Å². The van der Waals surface area contributed by atoms with Gasteiger partial charge in [-0.2, -0.15) is 5.10 Å². The molecule has 3 rings (SSSR count). The van der Waals surface area contributed by atoms with Crippen LogP contribution in [0.4, 0.5) is 0 Å². The second-order valence-corrected chi connectivity index (χ2v) is 6.01. The lowest BCUT2D eigenvalue weighted by molar-refractivity contribution is -0.121. The van der Waals surface area contributed by atoms with Crippen molar-refractivity contribution in [3.63, 3.8) is 0 Å². The summed E-state index contributed by atoms with van der Waals surface area (Å²) in [4.78, 5) is 12.3. The Kier molecular flexibility index (Phi) is 4.54. The fourth-order valence-corrected chi connectivity index (χ4v) is 3.01. The van der Waals surface area contributed by atoms with E-state index in [1.807, 2.05) is 6.07 Å². The van der Waals surface area contributed by atoms with Gasteiger partial charge in [-0.15, -0.1) is 0 Å². The Bertz CT molecular complexity index is 729. The van der Waals surface area contributed by atoms with E-state index in [9.17, 15) is 9.90 Å². The van der Waals surface area contributed by atoms with Gasteiger partial charge < -0.3 is 15.2 Å². The molecular weight excluding hydrogens is 318 g/mol. The molecule has 23 heavy (non-hydrogen) atoms. The Morgan fingerprint density at radius 2 is 2.39 bits per heavy atom. The number of carbonyl (C=O) groups excluding carboxylic acids is 1. The van der Waals surface area contributed by atoms with E-state index in [2.05, 4.69) is 10.4 Å². The zero-order valence-corrected chi connectivity index (χ0v) is 13.5. The highest BCUT2D eigenvalue weighted by Crippen LogP contribution is 2.33. The summed E-state index contributed by atoms with van der Waals surface area (Å²) in [6.45, 7) is 0.417. The van der Waals surface area contributed by atoms with Crippen LogP contribution >= 0.6 is 11.6 Å². The van der Waals surface area contributed by atoms with E-state index in [0.717, 1.165) is 28.9 Å². The number of halogens is 1. The minimum absolute atomic E-state index is 0.152. The van der Waals surface area contributed by atoms with E-state index in [-0.39, 0.29) is 18.9 Å². The van der Waals surface area contributed by atoms with Crippen LogP contribution in [0.1, 0.15) is 22.7 Å². The topological polar surface area (TPSA) is 76.4 Å². The highest BCUT2D eigenvalue weighted by Gasteiger charge is 2.21. The van der Waals surface area contributed by atoms with E-state index in [0.29, 0.717) is 11.6 Å². The van der Waals surface area contributed by atoms with Crippen molar-refractivity contribution in [2.75, 3.05) is 13.2 Å². The molecule has 0 fully saturated rings. The minimum atomic E-state index is -0.482. The van der Waals surface area contributed by atoms with Crippen molar-refractivity contribution < 1.29 is 14.6 Å². The molecule has 2 aromatic rings. The Morgan fingerprint density at radius 1 is 1.57 bits per heavy atom. The molecule has 7 heteroatoms. The summed E-state index contributed by atoms with van der Waals surface area (Å²) in [5, 5.41) is 17.0. The van der Waals surface area contributed by atoms with Gasteiger partial charge in [0.25, 0.3) is 0 Å². The summed E-state index contributed by atoms with van der Waals surface area (Å²) in [6, 6.07) is 3.14. The lowest BCUT2D eigenvalue weighted by Crippen LogP contribution is -2.31. The Hall–Kier alpha value is -2.05. The maximum Gasteiger partial charge on any atom is 0.225 e. The normalized spacial score (nSPS) is 14.2. The summed E-state index contributed by atoms with van der Waals surface area (Å²) >= 11 is 6.11. The number of aliphatic hydroxyl groups is 1. The zero-order valence-electron chi connectivity index (χ0n) is 12.8. The van der Waals surface area contributed by atoms with Gasteiger partial charge in [-0.3, -0.25) is 9.48 Å². The lowest BCUT2D eigenvalue weighted by atomic mass is 10.0. The predicted octanol–water partition coefficient (Wildman–Crippen LogP) is 1.40. The van der Waals surface area contributed by atoms with Crippen molar-refractivity contribution in [1.29, 1.82) is 0 Å². The smallest absolute Gasteiger partial charge is 0.225 e. The van der Waals surface area contributed by atoms with Gasteiger partial charge in [0.15, 0.2) is 0 Å². The molecule has 6 nitrogen and oxygen atoms in total. The molecule has 122 valence electrons. The van der Waals surface area contributed by atoms with Gasteiger partial charge in [0.1, 0.15) is 5.75 Å². The number of nitrogens with zero attached hydrogens (tertiary/aromatic N) is 2. The average Bonchev–Trinajstić information content (AvgIpc) is 3.13. The van der Waals surface area contributed by atoms with Gasteiger partial charge in [-0.05, 0) is 17.7 Å². The maximum atomic E-state index is 12.3. The number of aromatic nitrogens is 2. The molecule has 0 saturated carbocycles. The fourth-order valence-electron chi connectivity index (χ4n) is 2.75. The largest absolute Gasteiger partial charge is 0.493 e. The zero-order chi connectivity index (χ0) is 16.4. The van der Waals surface area contributed by atoms with E-state index in [1.165, 1.54) is 0 Å². The molecule has 1 amide bonds. The molecule has 1 aliphatic rings. The first-order chi connectivity index (χ1) is 11.1. The molecule has 2 heterocycles. The predicted molar refractivity (Wildman–Crippen MR) is 85.5 cm³/mol. The number of aryl methyl sites for hydroxylation is 1. The summed E-state index contributed by atoms with van der Waals surface area (Å²) < 4.78 is 7.23. The van der Waals surface area contributed by atoms with Crippen LogP contribution in [-0.2, 0) is 24.7 Å². The number of nitrogens with one attached hydrogen (secondary N) is 1. The Labute approximate surface area is 139 Å². The number of amides is 1. The minimum Gasteiger partial charge on any atom is -0.493 e. The Morgan fingerprint density at radius 3 is 3.09 bits per heavy atom. The molecule has 1 unspecified atom stereocenters. The third-order valence-corrected chi connectivity index (χ3v) is 4.04. The quantitative estimate of drug-likeness (QED) is 0.866. The highest BCUT2D eigenvalue weighted by molar-refractivity contribution is 6.30. The van der Waals surface area contributed by atoms with Crippen molar-refractivity contribution in [2.24, 2.45) is 7.05 Å². The van der Waals surface area contributed by atoms with Crippen LogP contribution in [0.25, 0.3) is 0 Å². The molecule has 0 aliphatic carbocycles. The first kappa shape index (κ1) is 15.8. The Balaban J connectivity index is 1.72. The second-order valence-electron chi connectivity index (χ2n) is 5.58. The molecule has 0 spiro atoms. The number of aliphatic hydroxyl groups excluding tert-OH is 1.